The summed E-state index contributed by atoms with van der Waals surface area (Å²) < 4.78 is 2.30. The van der Waals surface area contributed by atoms with Gasteiger partial charge in [0.15, 0.2) is 0 Å². The van der Waals surface area contributed by atoms with Crippen LogP contribution in [0, 0.1) is 27.7 Å². The number of imidazole rings is 1. The molecule has 136 valence electrons. The number of fused-ring (bicyclic) bond motifs is 1. The summed E-state index contributed by atoms with van der Waals surface area (Å²) >= 11 is 6.52. The van der Waals surface area contributed by atoms with Gasteiger partial charge in [0.2, 0.25) is 0 Å². The molecule has 27 heavy (non-hydrogen) atoms. The van der Waals surface area contributed by atoms with Gasteiger partial charge in [0.25, 0.3) is 0 Å². The summed E-state index contributed by atoms with van der Waals surface area (Å²) in [5, 5.41) is 0.725. The first-order valence-electron chi connectivity index (χ1n) is 9.24. The average Bonchev–Trinajstić information content (AvgIpc) is 3.02. The maximum Gasteiger partial charge on any atom is 0.142 e. The predicted octanol–water partition coefficient (Wildman–Crippen LogP) is 6.64. The molecule has 3 heteroatoms. The summed E-state index contributed by atoms with van der Waals surface area (Å²) in [5.74, 6) is 0.916. The minimum atomic E-state index is 0.725. The number of hydrogen-bond acceptors (Lipinski definition) is 1. The molecule has 0 radical (unpaired) electrons. The zero-order valence-electron chi connectivity index (χ0n) is 16.2. The Bertz CT molecular complexity index is 1130. The molecule has 0 fully saturated rings. The third-order valence-corrected chi connectivity index (χ3v) is 5.94. The van der Waals surface area contributed by atoms with Gasteiger partial charge in [0.05, 0.1) is 22.6 Å². The van der Waals surface area contributed by atoms with E-state index in [-0.39, 0.29) is 0 Å². The van der Waals surface area contributed by atoms with Gasteiger partial charge in [-0.25, -0.2) is 4.98 Å². The number of aromatic nitrogens is 2. The van der Waals surface area contributed by atoms with Crippen LogP contribution in [-0.2, 0) is 6.54 Å². The Kier molecular flexibility index (Phi) is 4.53. The highest BCUT2D eigenvalue weighted by Crippen LogP contribution is 2.32. The Morgan fingerprint density at radius 3 is 2.19 bits per heavy atom. The van der Waals surface area contributed by atoms with Crippen LogP contribution < -0.4 is 0 Å². The average molecular weight is 375 g/mol. The monoisotopic (exact) mass is 374 g/mol. The van der Waals surface area contributed by atoms with E-state index in [1.54, 1.807) is 0 Å². The van der Waals surface area contributed by atoms with Gasteiger partial charge in [-0.2, -0.15) is 0 Å². The first-order valence-corrected chi connectivity index (χ1v) is 9.61. The molecular formula is C24H23ClN2. The Morgan fingerprint density at radius 2 is 1.48 bits per heavy atom. The van der Waals surface area contributed by atoms with Gasteiger partial charge in [-0.1, -0.05) is 41.9 Å². The summed E-state index contributed by atoms with van der Waals surface area (Å²) in [5.41, 5.74) is 9.81. The van der Waals surface area contributed by atoms with E-state index in [2.05, 4.69) is 56.5 Å². The highest BCUT2D eigenvalue weighted by atomic mass is 35.5. The molecule has 0 aliphatic carbocycles. The molecule has 0 bridgehead atoms. The van der Waals surface area contributed by atoms with Crippen molar-refractivity contribution in [1.29, 1.82) is 0 Å². The lowest BCUT2D eigenvalue weighted by atomic mass is 9.94. The van der Waals surface area contributed by atoms with Crippen molar-refractivity contribution in [2.24, 2.45) is 0 Å². The summed E-state index contributed by atoms with van der Waals surface area (Å²) in [7, 11) is 0. The van der Waals surface area contributed by atoms with Gasteiger partial charge in [-0.05, 0) is 79.8 Å². The van der Waals surface area contributed by atoms with Gasteiger partial charge in [-0.15, -0.1) is 0 Å². The number of nitrogens with zero attached hydrogens (tertiary/aromatic N) is 2. The molecule has 1 heterocycles. The lowest BCUT2D eigenvalue weighted by molar-refractivity contribution is 0.818. The highest BCUT2D eigenvalue weighted by molar-refractivity contribution is 6.33. The van der Waals surface area contributed by atoms with E-state index in [0.29, 0.717) is 0 Å². The minimum Gasteiger partial charge on any atom is -0.319 e. The van der Waals surface area contributed by atoms with E-state index < -0.39 is 0 Å². The molecule has 3 aromatic carbocycles. The maximum atomic E-state index is 6.52. The zero-order chi connectivity index (χ0) is 19.1. The second kappa shape index (κ2) is 6.86. The zero-order valence-corrected chi connectivity index (χ0v) is 16.9. The minimum absolute atomic E-state index is 0.725. The highest BCUT2D eigenvalue weighted by Gasteiger charge is 2.17. The Hall–Kier alpha value is -2.58. The standard InChI is InChI=1S/C24H23ClN2/c1-15-13-16(2)18(4)20(17(15)3)14-27-23-12-8-7-11-22(23)26-24(27)19-9-5-6-10-21(19)25/h5-13H,14H2,1-4H3. The Morgan fingerprint density at radius 1 is 0.852 bits per heavy atom. The van der Waals surface area contributed by atoms with Crippen molar-refractivity contribution in [3.05, 3.63) is 87.4 Å². The quantitative estimate of drug-likeness (QED) is 0.393. The molecule has 0 atom stereocenters. The molecule has 0 spiro atoms. The SMILES string of the molecule is Cc1cc(C)c(C)c(Cn2c(-c3ccccc3Cl)nc3ccccc32)c1C. The second-order valence-electron chi connectivity index (χ2n) is 7.23. The number of hydrogen-bond donors (Lipinski definition) is 0. The molecule has 1 aromatic heterocycles. The van der Waals surface area contributed by atoms with E-state index >= 15 is 0 Å². The van der Waals surface area contributed by atoms with Crippen LogP contribution in [-0.4, -0.2) is 9.55 Å². The van der Waals surface area contributed by atoms with Gasteiger partial charge in [0.1, 0.15) is 5.82 Å². The third kappa shape index (κ3) is 3.04. The Balaban J connectivity index is 1.98. The molecule has 4 rings (SSSR count). The predicted molar refractivity (Wildman–Crippen MR) is 115 cm³/mol. The van der Waals surface area contributed by atoms with Gasteiger partial charge in [0, 0.05) is 5.56 Å². The van der Waals surface area contributed by atoms with Gasteiger partial charge >= 0.3 is 0 Å². The smallest absolute Gasteiger partial charge is 0.142 e. The van der Waals surface area contributed by atoms with Crippen LogP contribution in [0.25, 0.3) is 22.4 Å². The van der Waals surface area contributed by atoms with Crippen molar-refractivity contribution in [1.82, 2.24) is 9.55 Å². The van der Waals surface area contributed by atoms with Crippen LogP contribution in [0.5, 0.6) is 0 Å². The second-order valence-corrected chi connectivity index (χ2v) is 7.64. The van der Waals surface area contributed by atoms with E-state index in [4.69, 9.17) is 16.6 Å². The van der Waals surface area contributed by atoms with Crippen LogP contribution in [0.2, 0.25) is 5.02 Å². The summed E-state index contributed by atoms with van der Waals surface area (Å²) in [6.07, 6.45) is 0. The van der Waals surface area contributed by atoms with Gasteiger partial charge < -0.3 is 4.57 Å². The van der Waals surface area contributed by atoms with Crippen LogP contribution in [0.3, 0.4) is 0 Å². The number of rotatable bonds is 3. The topological polar surface area (TPSA) is 17.8 Å². The molecule has 0 amide bonds. The number of para-hydroxylation sites is 2. The Labute approximate surface area is 165 Å². The molecule has 0 saturated carbocycles. The molecule has 0 aliphatic heterocycles. The van der Waals surface area contributed by atoms with E-state index in [1.807, 2.05) is 30.3 Å². The van der Waals surface area contributed by atoms with Crippen LogP contribution >= 0.6 is 11.6 Å². The fourth-order valence-corrected chi connectivity index (χ4v) is 4.00. The molecule has 0 unspecified atom stereocenters. The van der Waals surface area contributed by atoms with Crippen molar-refractivity contribution in [2.75, 3.05) is 0 Å². The van der Waals surface area contributed by atoms with Crippen LogP contribution in [0.1, 0.15) is 27.8 Å². The molecule has 0 saturated heterocycles. The van der Waals surface area contributed by atoms with E-state index in [0.717, 1.165) is 34.0 Å². The number of benzene rings is 3. The fourth-order valence-electron chi connectivity index (χ4n) is 3.78. The van der Waals surface area contributed by atoms with E-state index in [9.17, 15) is 0 Å². The normalized spacial score (nSPS) is 11.3. The van der Waals surface area contributed by atoms with Crippen LogP contribution in [0.4, 0.5) is 0 Å². The van der Waals surface area contributed by atoms with Crippen molar-refractivity contribution in [3.63, 3.8) is 0 Å². The lowest BCUT2D eigenvalue weighted by Gasteiger charge is -2.18. The molecule has 0 aliphatic rings. The van der Waals surface area contributed by atoms with Crippen LogP contribution in [0.15, 0.2) is 54.6 Å². The summed E-state index contributed by atoms with van der Waals surface area (Å²) in [6.45, 7) is 9.58. The third-order valence-electron chi connectivity index (χ3n) is 5.61. The number of aryl methyl sites for hydroxylation is 2. The molecule has 4 aromatic rings. The van der Waals surface area contributed by atoms with Crippen molar-refractivity contribution < 1.29 is 0 Å². The molecular weight excluding hydrogens is 352 g/mol. The number of halogens is 1. The van der Waals surface area contributed by atoms with Gasteiger partial charge in [-0.3, -0.25) is 0 Å². The fraction of sp³-hybridized carbons (Fsp3) is 0.208. The first-order chi connectivity index (χ1) is 13.0. The summed E-state index contributed by atoms with van der Waals surface area (Å²) in [6, 6.07) is 18.5. The van der Waals surface area contributed by atoms with E-state index in [1.165, 1.54) is 27.8 Å². The maximum absolute atomic E-state index is 6.52. The molecule has 0 N–H and O–H groups in total. The largest absolute Gasteiger partial charge is 0.319 e. The molecule has 2 nitrogen and oxygen atoms in total. The first kappa shape index (κ1) is 17.8. The van der Waals surface area contributed by atoms with Crippen molar-refractivity contribution >= 4 is 22.6 Å². The lowest BCUT2D eigenvalue weighted by Crippen LogP contribution is -2.08. The van der Waals surface area contributed by atoms with Crippen molar-refractivity contribution in [3.8, 4) is 11.4 Å². The summed E-state index contributed by atoms with van der Waals surface area (Å²) in [4.78, 5) is 4.92. The van der Waals surface area contributed by atoms with Crippen molar-refractivity contribution in [2.45, 2.75) is 34.2 Å².